The Hall–Kier alpha value is -6.57. The zero-order chi connectivity index (χ0) is 34.8. The first kappa shape index (κ1) is 31.0. The Morgan fingerprint density at radius 2 is 1.48 bits per heavy atom. The summed E-state index contributed by atoms with van der Waals surface area (Å²) < 4.78 is 24.0. The van der Waals surface area contributed by atoms with Crippen LogP contribution in [-0.4, -0.2) is 26.0 Å². The Labute approximate surface area is 321 Å². The molecular formula is C44H25N6O3Pt-3. The van der Waals surface area contributed by atoms with Crippen LogP contribution in [0.2, 0.25) is 0 Å². The van der Waals surface area contributed by atoms with Gasteiger partial charge in [0.1, 0.15) is 22.6 Å². The molecule has 6 aromatic carbocycles. The fourth-order valence-corrected chi connectivity index (χ4v) is 7.92. The van der Waals surface area contributed by atoms with E-state index in [0.717, 1.165) is 89.0 Å². The second-order valence-corrected chi connectivity index (χ2v) is 13.2. The van der Waals surface area contributed by atoms with Crippen LogP contribution >= 0.6 is 0 Å². The van der Waals surface area contributed by atoms with Crippen molar-refractivity contribution >= 4 is 88.8 Å². The van der Waals surface area contributed by atoms with Crippen LogP contribution in [0.4, 0.5) is 17.1 Å². The number of hydrogen-bond acceptors (Lipinski definition) is 7. The summed E-state index contributed by atoms with van der Waals surface area (Å²) in [5, 5.41) is 3.88. The molecule has 5 aromatic heterocycles. The van der Waals surface area contributed by atoms with Crippen molar-refractivity contribution in [3.8, 4) is 17.3 Å². The minimum Gasteiger partial charge on any atom is -0.512 e. The van der Waals surface area contributed by atoms with Gasteiger partial charge in [0.25, 0.3) is 0 Å². The largest absolute Gasteiger partial charge is 0.512 e. The molecule has 12 rings (SSSR count). The zero-order valence-corrected chi connectivity index (χ0v) is 30.7. The van der Waals surface area contributed by atoms with E-state index in [0.29, 0.717) is 17.1 Å². The molecule has 6 heterocycles. The fourth-order valence-electron chi connectivity index (χ4n) is 7.92. The third-order valence-corrected chi connectivity index (χ3v) is 10.2. The van der Waals surface area contributed by atoms with Crippen molar-refractivity contribution in [2.75, 3.05) is 16.8 Å². The quantitative estimate of drug-likeness (QED) is 0.163. The molecule has 0 amide bonds. The molecule has 0 fully saturated rings. The molecular weight excluding hydrogens is 856 g/mol. The van der Waals surface area contributed by atoms with Crippen LogP contribution in [0.3, 0.4) is 0 Å². The monoisotopic (exact) mass is 880 g/mol. The van der Waals surface area contributed by atoms with E-state index in [-0.39, 0.29) is 21.1 Å². The Kier molecular flexibility index (Phi) is 6.58. The van der Waals surface area contributed by atoms with E-state index in [1.807, 2.05) is 103 Å². The van der Waals surface area contributed by atoms with Crippen LogP contribution < -0.4 is 14.5 Å². The van der Waals surface area contributed by atoms with Crippen LogP contribution in [0.1, 0.15) is 0 Å². The van der Waals surface area contributed by atoms with Crippen molar-refractivity contribution in [1.29, 1.82) is 0 Å². The molecule has 0 saturated heterocycles. The molecule has 0 unspecified atom stereocenters. The van der Waals surface area contributed by atoms with Gasteiger partial charge in [-0.1, -0.05) is 59.6 Å². The van der Waals surface area contributed by atoms with Gasteiger partial charge in [0.2, 0.25) is 5.78 Å². The molecule has 0 radical (unpaired) electrons. The summed E-state index contributed by atoms with van der Waals surface area (Å²) in [5.41, 5.74) is 9.48. The minimum absolute atomic E-state index is 0. The van der Waals surface area contributed by atoms with E-state index >= 15 is 0 Å². The summed E-state index contributed by atoms with van der Waals surface area (Å²) >= 11 is 0. The summed E-state index contributed by atoms with van der Waals surface area (Å²) in [4.78, 5) is 14.0. The molecule has 0 N–H and O–H groups in total. The topological polar surface area (TPSA) is 77.1 Å². The van der Waals surface area contributed by atoms with Crippen molar-refractivity contribution in [2.45, 2.75) is 0 Å². The number of hydrogen-bond donors (Lipinski definition) is 0. The van der Waals surface area contributed by atoms with Crippen LogP contribution in [0, 0.1) is 18.8 Å². The number of aromatic nitrogens is 4. The van der Waals surface area contributed by atoms with Crippen LogP contribution in [0.25, 0.3) is 77.5 Å². The van der Waals surface area contributed by atoms with E-state index in [9.17, 15) is 0 Å². The van der Waals surface area contributed by atoms with Crippen molar-refractivity contribution in [3.05, 3.63) is 146 Å². The first-order chi connectivity index (χ1) is 26.2. The average Bonchev–Trinajstić information content (AvgIpc) is 4.00. The zero-order valence-electron chi connectivity index (χ0n) is 28.4. The summed E-state index contributed by atoms with van der Waals surface area (Å²) in [7, 11) is 2.05. The summed E-state index contributed by atoms with van der Waals surface area (Å²) in [6.07, 6.45) is 1.78. The second-order valence-electron chi connectivity index (χ2n) is 13.2. The van der Waals surface area contributed by atoms with Gasteiger partial charge in [0.05, 0.1) is 22.4 Å². The van der Waals surface area contributed by atoms with Crippen molar-refractivity contribution in [3.63, 3.8) is 0 Å². The second kappa shape index (κ2) is 11.5. The number of anilines is 3. The van der Waals surface area contributed by atoms with Gasteiger partial charge < -0.3 is 27.8 Å². The maximum Gasteiger partial charge on any atom is 0.208 e. The van der Waals surface area contributed by atoms with Gasteiger partial charge in [-0.3, -0.25) is 4.57 Å². The number of pyridine rings is 1. The number of ether oxygens (including phenoxy) is 1. The molecule has 0 aliphatic carbocycles. The van der Waals surface area contributed by atoms with E-state index in [1.54, 1.807) is 6.20 Å². The third kappa shape index (κ3) is 4.30. The Morgan fingerprint density at radius 1 is 0.704 bits per heavy atom. The molecule has 262 valence electrons. The predicted molar refractivity (Wildman–Crippen MR) is 207 cm³/mol. The van der Waals surface area contributed by atoms with Crippen molar-refractivity contribution < 1.29 is 34.6 Å². The molecule has 0 spiro atoms. The first-order valence-corrected chi connectivity index (χ1v) is 17.3. The number of para-hydroxylation sites is 5. The smallest absolute Gasteiger partial charge is 0.208 e. The van der Waals surface area contributed by atoms with Gasteiger partial charge in [-0.2, -0.15) is 6.67 Å². The minimum atomic E-state index is 0. The number of fused-ring (bicyclic) bond motifs is 13. The molecule has 54 heavy (non-hydrogen) atoms. The Balaban J connectivity index is 0.00000341. The molecule has 10 heteroatoms. The maximum atomic E-state index is 6.83. The predicted octanol–water partition coefficient (Wildman–Crippen LogP) is 10.7. The van der Waals surface area contributed by atoms with E-state index in [4.69, 9.17) is 23.5 Å². The van der Waals surface area contributed by atoms with Crippen LogP contribution in [0.5, 0.6) is 11.5 Å². The first-order valence-electron chi connectivity index (χ1n) is 17.3. The number of nitrogens with zero attached hydrogens (tertiary/aromatic N) is 6. The van der Waals surface area contributed by atoms with E-state index in [1.165, 1.54) is 0 Å². The average molecular weight is 881 g/mol. The molecule has 9 nitrogen and oxygen atoms in total. The van der Waals surface area contributed by atoms with Gasteiger partial charge >= 0.3 is 0 Å². The third-order valence-electron chi connectivity index (χ3n) is 10.2. The van der Waals surface area contributed by atoms with E-state index < -0.39 is 0 Å². The van der Waals surface area contributed by atoms with E-state index in [2.05, 4.69) is 63.3 Å². The fraction of sp³-hybridized carbons (Fsp3) is 0.0227. The Bertz CT molecular complexity index is 3290. The van der Waals surface area contributed by atoms with Gasteiger partial charge in [-0.15, -0.1) is 30.3 Å². The van der Waals surface area contributed by atoms with Gasteiger partial charge in [-0.05, 0) is 72.7 Å². The normalized spacial score (nSPS) is 13.0. The summed E-state index contributed by atoms with van der Waals surface area (Å²) in [6, 6.07) is 47.6. The molecule has 11 aromatic rings. The number of furan rings is 2. The SMILES string of the molecule is CN1[CH-]N(c2[c-]c(Oc3[c-]c4c(cc3)n3c5ccccc5nc3n4-c3ccccn3)c3oc4ccc5oc6ccccc6c5c4c3c2)c2ccccc21.[Pt]. The molecule has 0 atom stereocenters. The van der Waals surface area contributed by atoms with Crippen LogP contribution in [-0.2, 0) is 21.1 Å². The Morgan fingerprint density at radius 3 is 2.37 bits per heavy atom. The molecule has 1 aliphatic rings. The molecule has 0 saturated carbocycles. The van der Waals surface area contributed by atoms with Gasteiger partial charge in [0, 0.05) is 60.5 Å². The van der Waals surface area contributed by atoms with Crippen molar-refractivity contribution in [1.82, 2.24) is 18.9 Å². The molecule has 0 bridgehead atoms. The van der Waals surface area contributed by atoms with Gasteiger partial charge in [-0.25, -0.2) is 9.97 Å². The standard InChI is InChI=1S/C44H25N6O3.Pt/c1-47-25-48(33-14-6-5-13-32(33)47)26-22-29-42-38(20-19-37-41(42)28-10-2-7-15-36(28)52-37)53-43(29)39(23-26)51-27-17-18-34-35(24-27)50(40-16-8-9-21-45-40)44-46-30-11-3-4-12-31(30)49(34)44;/h2-22,25H,1H3;/q-3;. The summed E-state index contributed by atoms with van der Waals surface area (Å²) in [5.74, 6) is 2.41. The number of benzene rings is 6. The summed E-state index contributed by atoms with van der Waals surface area (Å²) in [6.45, 7) is 2.06. The van der Waals surface area contributed by atoms with Crippen LogP contribution in [0.15, 0.2) is 136 Å². The van der Waals surface area contributed by atoms with Gasteiger partial charge in [0.15, 0.2) is 0 Å². The number of imidazole rings is 2. The van der Waals surface area contributed by atoms with Crippen molar-refractivity contribution in [2.24, 2.45) is 0 Å². The maximum absolute atomic E-state index is 6.83. The number of rotatable bonds is 4. The molecule has 1 aliphatic heterocycles.